The first kappa shape index (κ1) is 15.1. The zero-order valence-corrected chi connectivity index (χ0v) is 12.6. The minimum atomic E-state index is -0.249. The van der Waals surface area contributed by atoms with E-state index in [2.05, 4.69) is 25.9 Å². The first-order valence-corrected chi connectivity index (χ1v) is 7.91. The molecule has 6 nitrogen and oxygen atoms in total. The number of urea groups is 1. The third-order valence-corrected chi connectivity index (χ3v) is 4.18. The number of thiazole rings is 1. The number of aliphatic hydroxyl groups excluding tert-OH is 1. The van der Waals surface area contributed by atoms with Crippen LogP contribution >= 0.6 is 11.3 Å². The molecule has 1 aromatic heterocycles. The first-order valence-electron chi connectivity index (χ1n) is 7.03. The van der Waals surface area contributed by atoms with Crippen molar-refractivity contribution in [2.45, 2.75) is 32.2 Å². The van der Waals surface area contributed by atoms with Crippen LogP contribution in [0.4, 0.5) is 9.93 Å². The Labute approximate surface area is 123 Å². The fourth-order valence-electron chi connectivity index (χ4n) is 2.09. The Morgan fingerprint density at radius 1 is 1.55 bits per heavy atom. The maximum atomic E-state index is 11.5. The van der Waals surface area contributed by atoms with Crippen LogP contribution < -0.4 is 15.5 Å². The molecule has 3 N–H and O–H groups in total. The first-order chi connectivity index (χ1) is 9.69. The third-order valence-electron chi connectivity index (χ3n) is 3.23. The quantitative estimate of drug-likeness (QED) is 0.731. The van der Waals surface area contributed by atoms with Crippen molar-refractivity contribution in [3.8, 4) is 0 Å². The number of rotatable bonds is 6. The molecule has 112 valence electrons. The van der Waals surface area contributed by atoms with Crippen molar-refractivity contribution in [2.24, 2.45) is 0 Å². The van der Waals surface area contributed by atoms with Crippen molar-refractivity contribution < 1.29 is 9.90 Å². The van der Waals surface area contributed by atoms with Crippen LogP contribution in [0.2, 0.25) is 0 Å². The lowest BCUT2D eigenvalue weighted by molar-refractivity contribution is 0.220. The van der Waals surface area contributed by atoms with Gasteiger partial charge in [0, 0.05) is 31.4 Å². The van der Waals surface area contributed by atoms with E-state index in [1.54, 1.807) is 18.3 Å². The summed E-state index contributed by atoms with van der Waals surface area (Å²) in [4.78, 5) is 18.4. The second-order valence-electron chi connectivity index (χ2n) is 5.05. The summed E-state index contributed by atoms with van der Waals surface area (Å²) in [5.41, 5.74) is 1.02. The van der Waals surface area contributed by atoms with Crippen LogP contribution in [0.5, 0.6) is 0 Å². The summed E-state index contributed by atoms with van der Waals surface area (Å²) in [6, 6.07) is -0.474. The normalized spacial score (nSPS) is 16.2. The lowest BCUT2D eigenvalue weighted by atomic mass is 10.3. The van der Waals surface area contributed by atoms with Gasteiger partial charge in [0.1, 0.15) is 0 Å². The molecule has 2 rings (SSSR count). The highest BCUT2D eigenvalue weighted by molar-refractivity contribution is 7.13. The van der Waals surface area contributed by atoms with Crippen molar-refractivity contribution in [2.75, 3.05) is 31.1 Å². The summed E-state index contributed by atoms with van der Waals surface area (Å²) in [7, 11) is 0. The van der Waals surface area contributed by atoms with Gasteiger partial charge in [0.05, 0.1) is 18.3 Å². The van der Waals surface area contributed by atoms with Crippen LogP contribution in [0.1, 0.15) is 25.5 Å². The molecule has 1 aliphatic rings. The van der Waals surface area contributed by atoms with Crippen LogP contribution in [0, 0.1) is 0 Å². The molecular formula is C13H22N4O2S. The average molecular weight is 298 g/mol. The Morgan fingerprint density at radius 2 is 2.30 bits per heavy atom. The monoisotopic (exact) mass is 298 g/mol. The number of hydrogen-bond donors (Lipinski definition) is 3. The molecular weight excluding hydrogens is 276 g/mol. The lowest BCUT2D eigenvalue weighted by Crippen LogP contribution is -2.42. The Kier molecular flexibility index (Phi) is 5.60. The molecule has 1 saturated heterocycles. The van der Waals surface area contributed by atoms with Crippen molar-refractivity contribution in [3.63, 3.8) is 0 Å². The number of nitrogens with zero attached hydrogens (tertiary/aromatic N) is 2. The maximum absolute atomic E-state index is 11.5. The minimum Gasteiger partial charge on any atom is -0.394 e. The van der Waals surface area contributed by atoms with Gasteiger partial charge >= 0.3 is 6.03 Å². The lowest BCUT2D eigenvalue weighted by Gasteiger charge is -2.12. The zero-order chi connectivity index (χ0) is 14.4. The van der Waals surface area contributed by atoms with E-state index in [0.29, 0.717) is 6.54 Å². The van der Waals surface area contributed by atoms with Crippen LogP contribution in [-0.4, -0.2) is 48.4 Å². The van der Waals surface area contributed by atoms with E-state index in [-0.39, 0.29) is 18.7 Å². The van der Waals surface area contributed by atoms with Gasteiger partial charge < -0.3 is 20.6 Å². The van der Waals surface area contributed by atoms with Crippen molar-refractivity contribution >= 4 is 22.5 Å². The fourth-order valence-corrected chi connectivity index (χ4v) is 3.00. The molecule has 1 fully saturated rings. The summed E-state index contributed by atoms with van der Waals surface area (Å²) in [5.74, 6) is 0. The number of anilines is 1. The second kappa shape index (κ2) is 7.44. The van der Waals surface area contributed by atoms with E-state index < -0.39 is 0 Å². The van der Waals surface area contributed by atoms with E-state index in [0.717, 1.165) is 30.3 Å². The standard InChI is InChI=1S/C13H22N4O2S/c1-10(8-18)15-12(19)14-5-4-11-9-20-13(16-11)17-6-2-3-7-17/h9-10,18H,2-8H2,1H3,(H2,14,15,19). The van der Waals surface area contributed by atoms with Gasteiger partial charge in [-0.2, -0.15) is 0 Å². The molecule has 2 amide bonds. The third kappa shape index (κ3) is 4.35. The van der Waals surface area contributed by atoms with Gasteiger partial charge in [-0.3, -0.25) is 0 Å². The smallest absolute Gasteiger partial charge is 0.315 e. The van der Waals surface area contributed by atoms with Crippen molar-refractivity contribution in [1.82, 2.24) is 15.6 Å². The van der Waals surface area contributed by atoms with Crippen molar-refractivity contribution in [1.29, 1.82) is 0 Å². The van der Waals surface area contributed by atoms with E-state index in [1.165, 1.54) is 12.8 Å². The SMILES string of the molecule is CC(CO)NC(=O)NCCc1csc(N2CCCC2)n1. The Morgan fingerprint density at radius 3 is 3.00 bits per heavy atom. The summed E-state index contributed by atoms with van der Waals surface area (Å²) < 4.78 is 0. The number of carbonyl (C=O) groups excluding carboxylic acids is 1. The number of aliphatic hydroxyl groups is 1. The van der Waals surface area contributed by atoms with Gasteiger partial charge in [-0.1, -0.05) is 0 Å². The molecule has 0 aromatic carbocycles. The Hall–Kier alpha value is -1.34. The number of amides is 2. The number of hydrogen-bond acceptors (Lipinski definition) is 5. The zero-order valence-electron chi connectivity index (χ0n) is 11.8. The van der Waals surface area contributed by atoms with Crippen LogP contribution in [0.15, 0.2) is 5.38 Å². The van der Waals surface area contributed by atoms with E-state index >= 15 is 0 Å². The molecule has 1 unspecified atom stereocenters. The summed E-state index contributed by atoms with van der Waals surface area (Å²) in [5, 5.41) is 17.4. The second-order valence-corrected chi connectivity index (χ2v) is 5.89. The highest BCUT2D eigenvalue weighted by Gasteiger charge is 2.15. The Balaban J connectivity index is 1.70. The van der Waals surface area contributed by atoms with Crippen LogP contribution in [0.3, 0.4) is 0 Å². The van der Waals surface area contributed by atoms with Gasteiger partial charge in [-0.25, -0.2) is 9.78 Å². The molecule has 2 heterocycles. The number of carbonyl (C=O) groups is 1. The Bertz CT molecular complexity index is 432. The molecule has 1 aliphatic heterocycles. The van der Waals surface area contributed by atoms with Crippen LogP contribution in [-0.2, 0) is 6.42 Å². The summed E-state index contributed by atoms with van der Waals surface area (Å²) in [6.07, 6.45) is 3.23. The van der Waals surface area contributed by atoms with E-state index in [1.807, 2.05) is 0 Å². The molecule has 0 aliphatic carbocycles. The maximum Gasteiger partial charge on any atom is 0.315 e. The van der Waals surface area contributed by atoms with Gasteiger partial charge in [-0.15, -0.1) is 11.3 Å². The van der Waals surface area contributed by atoms with Gasteiger partial charge in [-0.05, 0) is 19.8 Å². The van der Waals surface area contributed by atoms with Crippen molar-refractivity contribution in [3.05, 3.63) is 11.1 Å². The van der Waals surface area contributed by atoms with Gasteiger partial charge in [0.2, 0.25) is 0 Å². The fraction of sp³-hybridized carbons (Fsp3) is 0.692. The predicted octanol–water partition coefficient (Wildman–Crippen LogP) is 0.966. The number of nitrogens with one attached hydrogen (secondary N) is 2. The molecule has 1 aromatic rings. The highest BCUT2D eigenvalue weighted by atomic mass is 32.1. The predicted molar refractivity (Wildman–Crippen MR) is 80.3 cm³/mol. The summed E-state index contributed by atoms with van der Waals surface area (Å²) in [6.45, 7) is 4.45. The topological polar surface area (TPSA) is 77.5 Å². The van der Waals surface area contributed by atoms with E-state index in [9.17, 15) is 4.79 Å². The molecule has 1 atom stereocenters. The summed E-state index contributed by atoms with van der Waals surface area (Å²) >= 11 is 1.67. The average Bonchev–Trinajstić information content (AvgIpc) is 3.08. The number of aromatic nitrogens is 1. The molecule has 0 spiro atoms. The van der Waals surface area contributed by atoms with Gasteiger partial charge in [0.15, 0.2) is 5.13 Å². The van der Waals surface area contributed by atoms with Crippen LogP contribution in [0.25, 0.3) is 0 Å². The molecule has 0 bridgehead atoms. The minimum absolute atomic E-state index is 0.0568. The highest BCUT2D eigenvalue weighted by Crippen LogP contribution is 2.24. The van der Waals surface area contributed by atoms with E-state index in [4.69, 9.17) is 5.11 Å². The molecule has 0 radical (unpaired) electrons. The molecule has 20 heavy (non-hydrogen) atoms. The largest absolute Gasteiger partial charge is 0.394 e. The molecule has 0 saturated carbocycles. The molecule has 7 heteroatoms. The van der Waals surface area contributed by atoms with Gasteiger partial charge in [0.25, 0.3) is 0 Å².